The summed E-state index contributed by atoms with van der Waals surface area (Å²) in [4.78, 5) is 24.8. The molecule has 3 aromatic rings. The van der Waals surface area contributed by atoms with Crippen LogP contribution in [0.1, 0.15) is 10.5 Å². The number of benzene rings is 1. The van der Waals surface area contributed by atoms with Crippen molar-refractivity contribution in [1.29, 1.82) is 0 Å². The Morgan fingerprint density at radius 2 is 2.00 bits per heavy atom. The van der Waals surface area contributed by atoms with Gasteiger partial charge in [-0.3, -0.25) is 14.8 Å². The number of nitrogens with zero attached hydrogens (tertiary/aromatic N) is 3. The fraction of sp³-hybridized carbons (Fsp3) is 0.125. The summed E-state index contributed by atoms with van der Waals surface area (Å²) in [7, 11) is 3.09. The van der Waals surface area contributed by atoms with Crippen LogP contribution in [0.4, 0.5) is 5.69 Å². The number of aromatic nitrogens is 3. The highest BCUT2D eigenvalue weighted by Crippen LogP contribution is 2.30. The van der Waals surface area contributed by atoms with E-state index >= 15 is 0 Å². The first-order chi connectivity index (χ1) is 11.7. The van der Waals surface area contributed by atoms with Gasteiger partial charge in [-0.15, -0.1) is 11.3 Å². The first-order valence-electron chi connectivity index (χ1n) is 6.96. The van der Waals surface area contributed by atoms with Crippen molar-refractivity contribution < 1.29 is 14.3 Å². The Kier molecular flexibility index (Phi) is 4.66. The highest BCUT2D eigenvalue weighted by molar-refractivity contribution is 7.13. The second-order valence-corrected chi connectivity index (χ2v) is 5.51. The molecule has 0 unspecified atom stereocenters. The van der Waals surface area contributed by atoms with Crippen LogP contribution in [0.2, 0.25) is 0 Å². The number of carbonyl (C=O) groups is 1. The van der Waals surface area contributed by atoms with Gasteiger partial charge >= 0.3 is 0 Å². The minimum Gasteiger partial charge on any atom is -0.493 e. The average molecular weight is 342 g/mol. The molecule has 0 aliphatic heterocycles. The number of hydrogen-bond donors (Lipinski definition) is 1. The van der Waals surface area contributed by atoms with Crippen molar-refractivity contribution in [3.05, 3.63) is 47.9 Å². The van der Waals surface area contributed by atoms with E-state index in [0.717, 1.165) is 0 Å². The summed E-state index contributed by atoms with van der Waals surface area (Å²) in [5, 5.41) is 5.10. The lowest BCUT2D eigenvalue weighted by molar-refractivity contribution is 0.102. The third kappa shape index (κ3) is 3.33. The first-order valence-corrected chi connectivity index (χ1v) is 7.84. The largest absolute Gasteiger partial charge is 0.493 e. The summed E-state index contributed by atoms with van der Waals surface area (Å²) in [6.45, 7) is 0. The molecular formula is C16H14N4O3S. The maximum absolute atomic E-state index is 12.3. The van der Waals surface area contributed by atoms with Gasteiger partial charge in [0.15, 0.2) is 11.5 Å². The second-order valence-electron chi connectivity index (χ2n) is 4.65. The summed E-state index contributed by atoms with van der Waals surface area (Å²) in [6, 6.07) is 5.14. The predicted octanol–water partition coefficient (Wildman–Crippen LogP) is 2.87. The summed E-state index contributed by atoms with van der Waals surface area (Å²) in [5.74, 6) is 0.816. The van der Waals surface area contributed by atoms with Crippen LogP contribution in [0.3, 0.4) is 0 Å². The van der Waals surface area contributed by atoms with Crippen molar-refractivity contribution in [3.8, 4) is 22.2 Å². The molecule has 2 aromatic heterocycles. The third-order valence-corrected chi connectivity index (χ3v) is 4.03. The molecule has 0 aliphatic carbocycles. The van der Waals surface area contributed by atoms with Gasteiger partial charge in [-0.25, -0.2) is 4.98 Å². The lowest BCUT2D eigenvalue weighted by atomic mass is 10.2. The molecule has 0 atom stereocenters. The standard InChI is InChI=1S/C16H14N4O3S/c1-22-13-4-3-10(7-14(13)23-2)19-15(21)12-9-24-16(20-12)11-8-17-5-6-18-11/h3-9H,1-2H3,(H,19,21). The van der Waals surface area contributed by atoms with E-state index in [-0.39, 0.29) is 5.91 Å². The molecule has 0 saturated carbocycles. The Bertz CT molecular complexity index is 852. The monoisotopic (exact) mass is 342 g/mol. The van der Waals surface area contributed by atoms with Crippen LogP contribution in [-0.2, 0) is 0 Å². The maximum Gasteiger partial charge on any atom is 0.275 e. The van der Waals surface area contributed by atoms with E-state index in [1.54, 1.807) is 49.3 Å². The van der Waals surface area contributed by atoms with Gasteiger partial charge in [-0.05, 0) is 12.1 Å². The number of nitrogens with one attached hydrogen (secondary N) is 1. The second kappa shape index (κ2) is 7.05. The summed E-state index contributed by atoms with van der Waals surface area (Å²) in [6.07, 6.45) is 4.77. The zero-order valence-electron chi connectivity index (χ0n) is 13.0. The third-order valence-electron chi connectivity index (χ3n) is 3.16. The smallest absolute Gasteiger partial charge is 0.275 e. The molecule has 1 amide bonds. The lowest BCUT2D eigenvalue weighted by Crippen LogP contribution is -2.12. The summed E-state index contributed by atoms with van der Waals surface area (Å²) >= 11 is 1.34. The van der Waals surface area contributed by atoms with Gasteiger partial charge < -0.3 is 14.8 Å². The number of hydrogen-bond acceptors (Lipinski definition) is 7. The Hall–Kier alpha value is -3.00. The highest BCUT2D eigenvalue weighted by Gasteiger charge is 2.14. The van der Waals surface area contributed by atoms with Crippen LogP contribution in [0, 0.1) is 0 Å². The molecule has 3 rings (SSSR count). The van der Waals surface area contributed by atoms with Crippen molar-refractivity contribution in [2.75, 3.05) is 19.5 Å². The van der Waals surface area contributed by atoms with Gasteiger partial charge in [0.05, 0.1) is 20.4 Å². The molecule has 24 heavy (non-hydrogen) atoms. The number of amides is 1. The number of carbonyl (C=O) groups excluding carboxylic acids is 1. The molecule has 0 radical (unpaired) electrons. The van der Waals surface area contributed by atoms with Crippen LogP contribution < -0.4 is 14.8 Å². The Morgan fingerprint density at radius 1 is 1.17 bits per heavy atom. The predicted molar refractivity (Wildman–Crippen MR) is 90.6 cm³/mol. The molecule has 1 aromatic carbocycles. The molecule has 8 heteroatoms. The van der Waals surface area contributed by atoms with Gasteiger partial charge in [-0.2, -0.15) is 0 Å². The van der Waals surface area contributed by atoms with E-state index in [1.807, 2.05) is 0 Å². The molecular weight excluding hydrogens is 328 g/mol. The van der Waals surface area contributed by atoms with Crippen molar-refractivity contribution in [3.63, 3.8) is 0 Å². The van der Waals surface area contributed by atoms with E-state index in [4.69, 9.17) is 9.47 Å². The zero-order chi connectivity index (χ0) is 16.9. The summed E-state index contributed by atoms with van der Waals surface area (Å²) in [5.41, 5.74) is 1.54. The molecule has 0 aliphatic rings. The van der Waals surface area contributed by atoms with Crippen LogP contribution in [0.15, 0.2) is 42.2 Å². The number of thiazole rings is 1. The van der Waals surface area contributed by atoms with E-state index in [2.05, 4.69) is 20.3 Å². The van der Waals surface area contributed by atoms with Gasteiger partial charge in [-0.1, -0.05) is 0 Å². The molecule has 0 saturated heterocycles. The van der Waals surface area contributed by atoms with Crippen molar-refractivity contribution in [1.82, 2.24) is 15.0 Å². The zero-order valence-corrected chi connectivity index (χ0v) is 13.8. The van der Waals surface area contributed by atoms with Gasteiger partial charge in [0.25, 0.3) is 5.91 Å². The quantitative estimate of drug-likeness (QED) is 0.767. The molecule has 0 fully saturated rings. The fourth-order valence-corrected chi connectivity index (χ4v) is 2.77. The minimum absolute atomic E-state index is 0.311. The molecule has 0 spiro atoms. The molecule has 7 nitrogen and oxygen atoms in total. The summed E-state index contributed by atoms with van der Waals surface area (Å²) < 4.78 is 10.4. The molecule has 122 valence electrons. The van der Waals surface area contributed by atoms with E-state index in [1.165, 1.54) is 18.4 Å². The van der Waals surface area contributed by atoms with Crippen LogP contribution in [0.25, 0.3) is 10.7 Å². The average Bonchev–Trinajstić information content (AvgIpc) is 3.12. The maximum atomic E-state index is 12.3. The Labute approximate surface area is 142 Å². The fourth-order valence-electron chi connectivity index (χ4n) is 2.01. The van der Waals surface area contributed by atoms with Crippen LogP contribution >= 0.6 is 11.3 Å². The topological polar surface area (TPSA) is 86.2 Å². The van der Waals surface area contributed by atoms with Crippen molar-refractivity contribution in [2.24, 2.45) is 0 Å². The van der Waals surface area contributed by atoms with Crippen LogP contribution in [0.5, 0.6) is 11.5 Å². The minimum atomic E-state index is -0.311. The number of rotatable bonds is 5. The van der Waals surface area contributed by atoms with E-state index < -0.39 is 0 Å². The normalized spacial score (nSPS) is 10.2. The number of ether oxygens (including phenoxy) is 2. The lowest BCUT2D eigenvalue weighted by Gasteiger charge is -2.09. The van der Waals surface area contributed by atoms with Gasteiger partial charge in [0, 0.05) is 29.5 Å². The van der Waals surface area contributed by atoms with Gasteiger partial charge in [0.2, 0.25) is 0 Å². The van der Waals surface area contributed by atoms with Crippen LogP contribution in [-0.4, -0.2) is 35.1 Å². The van der Waals surface area contributed by atoms with E-state index in [0.29, 0.717) is 33.6 Å². The molecule has 0 bridgehead atoms. The first kappa shape index (κ1) is 15.9. The van der Waals surface area contributed by atoms with Crippen molar-refractivity contribution >= 4 is 22.9 Å². The molecule has 2 heterocycles. The number of methoxy groups -OCH3 is 2. The van der Waals surface area contributed by atoms with Crippen molar-refractivity contribution in [2.45, 2.75) is 0 Å². The van der Waals surface area contributed by atoms with Gasteiger partial charge in [0.1, 0.15) is 16.4 Å². The number of anilines is 1. The Balaban J connectivity index is 1.77. The highest BCUT2D eigenvalue weighted by atomic mass is 32.1. The van der Waals surface area contributed by atoms with E-state index in [9.17, 15) is 4.79 Å². The Morgan fingerprint density at radius 3 is 2.71 bits per heavy atom. The molecule has 1 N–H and O–H groups in total. The SMILES string of the molecule is COc1ccc(NC(=O)c2csc(-c3cnccn3)n2)cc1OC.